The predicted octanol–water partition coefficient (Wildman–Crippen LogP) is 2.95. The maximum atomic E-state index is 10.6. The number of carbonyl (C=O) groups is 1. The molecule has 0 aromatic carbocycles. The summed E-state index contributed by atoms with van der Waals surface area (Å²) < 4.78 is 5.83. The molecule has 1 aromatic heterocycles. The Hall–Kier alpha value is -0.970. The van der Waals surface area contributed by atoms with E-state index in [1.165, 1.54) is 6.07 Å². The molecule has 15 heavy (non-hydrogen) atoms. The van der Waals surface area contributed by atoms with Crippen molar-refractivity contribution in [1.29, 1.82) is 0 Å². The molecule has 1 heterocycles. The van der Waals surface area contributed by atoms with Crippen molar-refractivity contribution in [3.05, 3.63) is 16.3 Å². The lowest BCUT2D eigenvalue weighted by atomic mass is 9.82. The van der Waals surface area contributed by atoms with Crippen molar-refractivity contribution in [2.45, 2.75) is 25.8 Å². The lowest BCUT2D eigenvalue weighted by Crippen LogP contribution is -2.33. The zero-order chi connectivity index (χ0) is 11.0. The minimum atomic E-state index is -1.05. The molecule has 0 spiro atoms. The fraction of sp³-hybridized carbons (Fsp3) is 0.500. The molecule has 2 N–H and O–H groups in total. The molecule has 5 heteroatoms. The Morgan fingerprint density at radius 3 is 2.80 bits per heavy atom. The number of hydrogen-bond donors (Lipinski definition) is 2. The van der Waals surface area contributed by atoms with Crippen LogP contribution >= 0.6 is 15.9 Å². The summed E-state index contributed by atoms with van der Waals surface area (Å²) in [4.78, 5) is 10.6. The van der Waals surface area contributed by atoms with E-state index in [9.17, 15) is 4.79 Å². The first-order chi connectivity index (χ1) is 7.06. The summed E-state index contributed by atoms with van der Waals surface area (Å²) in [7, 11) is 0. The molecule has 0 atom stereocenters. The maximum Gasteiger partial charge on any atom is 0.371 e. The van der Waals surface area contributed by atoms with E-state index in [0.29, 0.717) is 16.4 Å². The van der Waals surface area contributed by atoms with Gasteiger partial charge >= 0.3 is 5.97 Å². The number of rotatable bonds is 3. The van der Waals surface area contributed by atoms with E-state index in [-0.39, 0.29) is 5.76 Å². The highest BCUT2D eigenvalue weighted by Crippen LogP contribution is 2.33. The maximum absolute atomic E-state index is 10.6. The Kier molecular flexibility index (Phi) is 2.73. The Morgan fingerprint density at radius 1 is 1.67 bits per heavy atom. The molecule has 1 aromatic rings. The summed E-state index contributed by atoms with van der Waals surface area (Å²) >= 11 is 3.26. The number of anilines is 1. The van der Waals surface area contributed by atoms with Gasteiger partial charge in [-0.2, -0.15) is 0 Å². The van der Waals surface area contributed by atoms with Crippen molar-refractivity contribution in [3.8, 4) is 0 Å². The minimum absolute atomic E-state index is 0.0447. The van der Waals surface area contributed by atoms with Crippen LogP contribution < -0.4 is 5.32 Å². The normalized spacial score (nSPS) is 24.7. The van der Waals surface area contributed by atoms with Crippen LogP contribution in [0.25, 0.3) is 0 Å². The van der Waals surface area contributed by atoms with Crippen LogP contribution in [0.3, 0.4) is 0 Å². The van der Waals surface area contributed by atoms with E-state index in [4.69, 9.17) is 9.52 Å². The molecule has 1 fully saturated rings. The van der Waals surface area contributed by atoms with Crippen molar-refractivity contribution in [3.63, 3.8) is 0 Å². The van der Waals surface area contributed by atoms with Gasteiger partial charge in [0.05, 0.1) is 4.47 Å². The van der Waals surface area contributed by atoms with E-state index < -0.39 is 5.97 Å². The van der Waals surface area contributed by atoms with E-state index in [0.717, 1.165) is 18.8 Å². The molecule has 0 aliphatic heterocycles. The van der Waals surface area contributed by atoms with Gasteiger partial charge in [0.15, 0.2) is 0 Å². The van der Waals surface area contributed by atoms with Gasteiger partial charge in [-0.25, -0.2) is 4.79 Å². The molecular weight excluding hydrogens is 262 g/mol. The highest BCUT2D eigenvalue weighted by molar-refractivity contribution is 9.10. The molecule has 1 aliphatic carbocycles. The van der Waals surface area contributed by atoms with Crippen molar-refractivity contribution < 1.29 is 14.3 Å². The molecule has 0 bridgehead atoms. The first-order valence-corrected chi connectivity index (χ1v) is 5.64. The monoisotopic (exact) mass is 273 g/mol. The average Bonchev–Trinajstić information content (AvgIpc) is 2.45. The molecule has 0 unspecified atom stereocenters. The topological polar surface area (TPSA) is 62.5 Å². The lowest BCUT2D eigenvalue weighted by Gasteiger charge is -2.33. The number of hydrogen-bond acceptors (Lipinski definition) is 3. The SMILES string of the molecule is CC1CC(Nc2oc(C(=O)O)cc2Br)C1. The van der Waals surface area contributed by atoms with Crippen LogP contribution in [-0.4, -0.2) is 17.1 Å². The summed E-state index contributed by atoms with van der Waals surface area (Å²) in [5.74, 6) is 0.168. The Balaban J connectivity index is 2.05. The van der Waals surface area contributed by atoms with Gasteiger partial charge in [-0.3, -0.25) is 0 Å². The van der Waals surface area contributed by atoms with Crippen molar-refractivity contribution in [2.24, 2.45) is 5.92 Å². The fourth-order valence-corrected chi connectivity index (χ4v) is 2.18. The Morgan fingerprint density at radius 2 is 2.33 bits per heavy atom. The largest absolute Gasteiger partial charge is 0.475 e. The second-order valence-corrected chi connectivity index (χ2v) is 4.87. The quantitative estimate of drug-likeness (QED) is 0.889. The lowest BCUT2D eigenvalue weighted by molar-refractivity contribution is 0.0663. The smallest absolute Gasteiger partial charge is 0.371 e. The van der Waals surface area contributed by atoms with Crippen LogP contribution in [-0.2, 0) is 0 Å². The summed E-state index contributed by atoms with van der Waals surface area (Å²) in [5, 5.41) is 11.9. The van der Waals surface area contributed by atoms with Crippen molar-refractivity contribution >= 4 is 27.8 Å². The number of furan rings is 1. The van der Waals surface area contributed by atoms with E-state index in [1.54, 1.807) is 0 Å². The van der Waals surface area contributed by atoms with E-state index in [1.807, 2.05) is 0 Å². The molecule has 1 saturated carbocycles. The summed E-state index contributed by atoms with van der Waals surface area (Å²) in [5.41, 5.74) is 0. The molecule has 1 aliphatic rings. The molecule has 0 saturated heterocycles. The fourth-order valence-electron chi connectivity index (χ4n) is 1.78. The van der Waals surface area contributed by atoms with Gasteiger partial charge < -0.3 is 14.8 Å². The summed E-state index contributed by atoms with van der Waals surface area (Å²) in [6.45, 7) is 2.19. The van der Waals surface area contributed by atoms with Gasteiger partial charge in [0.2, 0.25) is 11.6 Å². The Bertz CT molecular complexity index is 382. The predicted molar refractivity (Wildman–Crippen MR) is 59.2 cm³/mol. The van der Waals surface area contributed by atoms with Crippen LogP contribution in [0.5, 0.6) is 0 Å². The standard InChI is InChI=1S/C10H12BrNO3/c1-5-2-6(3-5)12-9-7(11)4-8(15-9)10(13)14/h4-6,12H,2-3H2,1H3,(H,13,14). The van der Waals surface area contributed by atoms with Crippen molar-refractivity contribution in [2.75, 3.05) is 5.32 Å². The van der Waals surface area contributed by atoms with Gasteiger partial charge in [-0.1, -0.05) is 6.92 Å². The zero-order valence-electron chi connectivity index (χ0n) is 8.29. The number of halogens is 1. The van der Waals surface area contributed by atoms with Crippen molar-refractivity contribution in [1.82, 2.24) is 0 Å². The second kappa shape index (κ2) is 3.89. The van der Waals surface area contributed by atoms with E-state index in [2.05, 4.69) is 28.2 Å². The first kappa shape index (κ1) is 10.5. The first-order valence-electron chi connectivity index (χ1n) is 4.85. The number of nitrogens with one attached hydrogen (secondary N) is 1. The second-order valence-electron chi connectivity index (χ2n) is 4.01. The molecule has 82 valence electrons. The Labute approximate surface area is 95.8 Å². The molecular formula is C10H12BrNO3. The van der Waals surface area contributed by atoms with Gasteiger partial charge in [0, 0.05) is 12.1 Å². The third-order valence-electron chi connectivity index (χ3n) is 2.61. The average molecular weight is 274 g/mol. The highest BCUT2D eigenvalue weighted by Gasteiger charge is 2.27. The van der Waals surface area contributed by atoms with Gasteiger partial charge in [-0.05, 0) is 34.7 Å². The van der Waals surface area contributed by atoms with Gasteiger partial charge in [0.25, 0.3) is 0 Å². The van der Waals surface area contributed by atoms with Gasteiger partial charge in [-0.15, -0.1) is 0 Å². The van der Waals surface area contributed by atoms with Gasteiger partial charge in [0.1, 0.15) is 0 Å². The molecule has 0 amide bonds. The third kappa shape index (κ3) is 2.17. The van der Waals surface area contributed by atoms with E-state index >= 15 is 0 Å². The highest BCUT2D eigenvalue weighted by atomic mass is 79.9. The molecule has 2 rings (SSSR count). The zero-order valence-corrected chi connectivity index (χ0v) is 9.87. The van der Waals surface area contributed by atoms with Crippen LogP contribution in [0.2, 0.25) is 0 Å². The van der Waals surface area contributed by atoms with Crippen LogP contribution in [0, 0.1) is 5.92 Å². The minimum Gasteiger partial charge on any atom is -0.475 e. The summed E-state index contributed by atoms with van der Waals surface area (Å²) in [6, 6.07) is 1.87. The van der Waals surface area contributed by atoms with Crippen LogP contribution in [0.15, 0.2) is 15.0 Å². The molecule has 4 nitrogen and oxygen atoms in total. The number of carboxylic acids is 1. The third-order valence-corrected chi connectivity index (χ3v) is 3.20. The van der Waals surface area contributed by atoms with Crippen LogP contribution in [0.1, 0.15) is 30.3 Å². The van der Waals surface area contributed by atoms with Crippen LogP contribution in [0.4, 0.5) is 5.88 Å². The molecule has 0 radical (unpaired) electrons. The summed E-state index contributed by atoms with van der Waals surface area (Å²) in [6.07, 6.45) is 2.21. The number of carboxylic acid groups (broad SMARTS) is 1. The number of aromatic carboxylic acids is 1.